The number of benzene rings is 8. The van der Waals surface area contributed by atoms with Crippen LogP contribution in [0.5, 0.6) is 0 Å². The van der Waals surface area contributed by atoms with Crippen LogP contribution in [0, 0.1) is 0 Å². The summed E-state index contributed by atoms with van der Waals surface area (Å²) in [6, 6.07) is 5.48. The maximum Gasteiger partial charge on any atom is 0.143 e. The Bertz CT molecular complexity index is 3600. The Morgan fingerprint density at radius 1 is 0.565 bits per heavy atom. The first-order chi connectivity index (χ1) is 30.1. The van der Waals surface area contributed by atoms with Crippen LogP contribution in [0.4, 0.5) is 0 Å². The molecule has 9 aromatic rings. The van der Waals surface area contributed by atoms with Crippen molar-refractivity contribution in [3.63, 3.8) is 0 Å². The highest BCUT2D eigenvalue weighted by molar-refractivity contribution is 6.23. The Morgan fingerprint density at radius 3 is 2.00 bits per heavy atom. The molecule has 1 aliphatic carbocycles. The second-order valence-corrected chi connectivity index (χ2v) is 11.6. The highest BCUT2D eigenvalue weighted by Gasteiger charge is 2.35. The SMILES string of the molecule is [2H]c1c([2H])c([2H])c2c(c1[2H])-c1c([2H])c([2H])c(-c3c4c([2H])c([2H])c([2H])c([2H])c4c(-c4ccc5oc6c7ccccc7ccc6c5c4)c4c([2H])c([2H])c([2H])c([2H])c34)c([2H])c1C2(C)C([2H])([2H])[2H]. The molecular weight excluding hydrogens is 556 g/mol. The van der Waals surface area contributed by atoms with Crippen molar-refractivity contribution in [2.45, 2.75) is 19.2 Å². The van der Waals surface area contributed by atoms with E-state index < -0.39 is 131 Å². The van der Waals surface area contributed by atoms with Crippen molar-refractivity contribution in [2.24, 2.45) is 0 Å². The van der Waals surface area contributed by atoms with E-state index in [4.69, 9.17) is 19.5 Å². The van der Waals surface area contributed by atoms with Crippen molar-refractivity contribution in [1.29, 1.82) is 0 Å². The van der Waals surface area contributed by atoms with Gasteiger partial charge in [0.05, 0.1) is 20.6 Å². The second kappa shape index (κ2) is 9.19. The zero-order chi connectivity index (χ0) is 46.1. The van der Waals surface area contributed by atoms with Gasteiger partial charge >= 0.3 is 0 Å². The van der Waals surface area contributed by atoms with Crippen molar-refractivity contribution >= 4 is 54.3 Å². The molecule has 1 heteroatoms. The minimum absolute atomic E-state index is 0.0292. The largest absolute Gasteiger partial charge is 0.455 e. The van der Waals surface area contributed by atoms with E-state index in [9.17, 15) is 9.60 Å². The van der Waals surface area contributed by atoms with E-state index in [1.807, 2.05) is 36.4 Å². The van der Waals surface area contributed by atoms with E-state index in [1.165, 1.54) is 0 Å². The maximum atomic E-state index is 9.91. The van der Waals surface area contributed by atoms with Gasteiger partial charge in [-0.25, -0.2) is 0 Å². The molecule has 1 unspecified atom stereocenters. The van der Waals surface area contributed by atoms with Gasteiger partial charge in [0, 0.05) is 25.7 Å². The summed E-state index contributed by atoms with van der Waals surface area (Å²) in [5.74, 6) is 0. The molecular formula is C45H30O. The monoisotopic (exact) mass is 604 g/mol. The molecule has 1 aromatic heterocycles. The third kappa shape index (κ3) is 3.40. The molecule has 10 rings (SSSR count). The number of hydrogen-bond acceptors (Lipinski definition) is 1. The normalized spacial score (nSPS) is 21.5. The fourth-order valence-electron chi connectivity index (χ4n) is 6.92. The Kier molecular flexibility index (Phi) is 2.75. The number of furan rings is 1. The molecule has 216 valence electrons. The quantitative estimate of drug-likeness (QED) is 0.179. The first-order valence-corrected chi connectivity index (χ1v) is 14.6. The zero-order valence-electron chi connectivity index (χ0n) is 42.1. The molecule has 0 aliphatic heterocycles. The lowest BCUT2D eigenvalue weighted by Gasteiger charge is -2.23. The highest BCUT2D eigenvalue weighted by atomic mass is 16.3. The van der Waals surface area contributed by atoms with Gasteiger partial charge in [-0.15, -0.1) is 0 Å². The van der Waals surface area contributed by atoms with Crippen molar-refractivity contribution in [1.82, 2.24) is 0 Å². The molecule has 0 N–H and O–H groups in total. The van der Waals surface area contributed by atoms with E-state index in [1.54, 1.807) is 18.2 Å². The lowest BCUT2D eigenvalue weighted by molar-refractivity contribution is 0.660. The maximum absolute atomic E-state index is 9.91. The second-order valence-electron chi connectivity index (χ2n) is 11.6. The summed E-state index contributed by atoms with van der Waals surface area (Å²) in [5.41, 5.74) is -3.86. The average molecular weight is 605 g/mol. The van der Waals surface area contributed by atoms with E-state index >= 15 is 0 Å². The third-order valence-electron chi connectivity index (χ3n) is 9.03. The highest BCUT2D eigenvalue weighted by Crippen LogP contribution is 2.51. The lowest BCUT2D eigenvalue weighted by Crippen LogP contribution is -2.14. The lowest BCUT2D eigenvalue weighted by atomic mass is 9.80. The van der Waals surface area contributed by atoms with Crippen LogP contribution >= 0.6 is 0 Å². The van der Waals surface area contributed by atoms with E-state index in [-0.39, 0.29) is 38.2 Å². The van der Waals surface area contributed by atoms with Gasteiger partial charge in [-0.2, -0.15) is 0 Å². The zero-order valence-corrected chi connectivity index (χ0v) is 24.1. The molecule has 0 fully saturated rings. The van der Waals surface area contributed by atoms with Crippen molar-refractivity contribution in [2.75, 3.05) is 0 Å². The van der Waals surface area contributed by atoms with Crippen molar-refractivity contribution in [3.05, 3.63) is 156 Å². The molecule has 0 saturated heterocycles. The molecule has 1 atom stereocenters. The van der Waals surface area contributed by atoms with Crippen molar-refractivity contribution < 1.29 is 29.1 Å². The van der Waals surface area contributed by atoms with Crippen LogP contribution in [0.2, 0.25) is 0 Å². The predicted molar refractivity (Wildman–Crippen MR) is 195 cm³/mol. The van der Waals surface area contributed by atoms with Gasteiger partial charge in [-0.3, -0.25) is 0 Å². The Hall–Kier alpha value is -5.66. The third-order valence-corrected chi connectivity index (χ3v) is 9.03. The fraction of sp³-hybridized carbons (Fsp3) is 0.0667. The fourth-order valence-corrected chi connectivity index (χ4v) is 6.92. The summed E-state index contributed by atoms with van der Waals surface area (Å²) in [6.07, 6.45) is 0. The van der Waals surface area contributed by atoms with E-state index in [2.05, 4.69) is 0 Å². The molecule has 1 nitrogen and oxygen atoms in total. The molecule has 1 heterocycles. The first kappa shape index (κ1) is 13.8. The molecule has 0 radical (unpaired) electrons. The number of rotatable bonds is 2. The van der Waals surface area contributed by atoms with Crippen LogP contribution < -0.4 is 0 Å². The van der Waals surface area contributed by atoms with Crippen molar-refractivity contribution in [3.8, 4) is 33.4 Å². The predicted octanol–water partition coefficient (Wildman–Crippen LogP) is 12.7. The Morgan fingerprint density at radius 2 is 1.24 bits per heavy atom. The van der Waals surface area contributed by atoms with Crippen LogP contribution in [-0.2, 0) is 5.41 Å². The van der Waals surface area contributed by atoms with E-state index in [0.29, 0.717) is 21.9 Å². The van der Waals surface area contributed by atoms with Crippen LogP contribution in [0.25, 0.3) is 87.6 Å². The average Bonchev–Trinajstić information content (AvgIpc) is 3.79. The molecule has 0 saturated carbocycles. The molecule has 1 aliphatic rings. The molecule has 0 spiro atoms. The molecule has 0 bridgehead atoms. The standard InChI is InChI=1S/C45H30O/c1-45(2)39-18-10-9-13-31(39)32-22-20-29(26-40(32)45)43-35-16-7-5-14-33(35)42(34-15-6-8-17-36(34)43)28-21-24-41-38(25-28)37-23-19-27-11-3-4-12-30(27)44(37)46-41/h3-26H,1-2H3/i1D3,5D,6D,7D,8D,9D,10D,13D,14D,15D,16D,17D,18D,20D,22D,26D. The first-order valence-electron chi connectivity index (χ1n) is 23.6. The summed E-state index contributed by atoms with van der Waals surface area (Å²) >= 11 is 0. The van der Waals surface area contributed by atoms with Crippen LogP contribution in [0.15, 0.2) is 150 Å². The Labute approximate surface area is 292 Å². The smallest absolute Gasteiger partial charge is 0.143 e. The van der Waals surface area contributed by atoms with Crippen LogP contribution in [-0.4, -0.2) is 0 Å². The summed E-state index contributed by atoms with van der Waals surface area (Å²) in [5, 5.41) is 1.79. The van der Waals surface area contributed by atoms with Gasteiger partial charge in [0.2, 0.25) is 0 Å². The van der Waals surface area contributed by atoms with Gasteiger partial charge in [0.25, 0.3) is 0 Å². The van der Waals surface area contributed by atoms with Gasteiger partial charge in [0.1, 0.15) is 11.2 Å². The van der Waals surface area contributed by atoms with Gasteiger partial charge < -0.3 is 4.42 Å². The topological polar surface area (TPSA) is 13.1 Å². The number of fused-ring (bicyclic) bond motifs is 10. The summed E-state index contributed by atoms with van der Waals surface area (Å²) in [6.45, 7) is -2.00. The summed E-state index contributed by atoms with van der Waals surface area (Å²) < 4.78 is 170. The minimum atomic E-state index is -3.16. The van der Waals surface area contributed by atoms with Gasteiger partial charge in [-0.1, -0.05) is 135 Å². The summed E-state index contributed by atoms with van der Waals surface area (Å²) in [7, 11) is 0. The summed E-state index contributed by atoms with van der Waals surface area (Å²) in [4.78, 5) is 0. The van der Waals surface area contributed by atoms with Gasteiger partial charge in [0.15, 0.2) is 0 Å². The Balaban J connectivity index is 1.44. The molecule has 8 aromatic carbocycles. The van der Waals surface area contributed by atoms with Crippen LogP contribution in [0.1, 0.15) is 49.6 Å². The van der Waals surface area contributed by atoms with Crippen LogP contribution in [0.3, 0.4) is 0 Å². The van der Waals surface area contributed by atoms with E-state index in [0.717, 1.165) is 17.7 Å². The number of hydrogen-bond donors (Lipinski definition) is 0. The molecule has 46 heavy (non-hydrogen) atoms. The minimum Gasteiger partial charge on any atom is -0.455 e. The molecule has 0 amide bonds. The van der Waals surface area contributed by atoms with Gasteiger partial charge in [-0.05, 0) is 95.7 Å².